The van der Waals surface area contributed by atoms with Gasteiger partial charge in [-0.05, 0) is 58.0 Å². The van der Waals surface area contributed by atoms with Crippen molar-refractivity contribution < 1.29 is 19.1 Å². The van der Waals surface area contributed by atoms with Gasteiger partial charge < -0.3 is 24.6 Å². The first kappa shape index (κ1) is 26.5. The van der Waals surface area contributed by atoms with Crippen LogP contribution in [0.15, 0.2) is 42.6 Å². The number of aromatic nitrogens is 2. The van der Waals surface area contributed by atoms with E-state index in [1.54, 1.807) is 45.9 Å². The molecule has 2 amide bonds. The first-order valence-electron chi connectivity index (χ1n) is 12.2. The number of alkyl carbamates (subject to hydrolysis) is 1. The van der Waals surface area contributed by atoms with Gasteiger partial charge in [-0.2, -0.15) is 0 Å². The Labute approximate surface area is 221 Å². The Kier molecular flexibility index (Phi) is 7.73. The minimum atomic E-state index is -0.667. The third kappa shape index (κ3) is 6.40. The Hall–Kier alpha value is -3.59. The summed E-state index contributed by atoms with van der Waals surface area (Å²) in [6.07, 6.45) is 1.18. The van der Waals surface area contributed by atoms with Crippen LogP contribution in [0.5, 0.6) is 5.75 Å². The lowest BCUT2D eigenvalue weighted by Gasteiger charge is -2.36. The lowest BCUT2D eigenvalue weighted by molar-refractivity contribution is -0.133. The predicted molar refractivity (Wildman–Crippen MR) is 144 cm³/mol. The molecular formula is C27H32ClN5O4. The molecule has 1 aliphatic rings. The number of ether oxygens (including phenoxy) is 2. The molecular weight excluding hydrogens is 494 g/mol. The maximum Gasteiger partial charge on any atom is 0.408 e. The molecule has 3 heterocycles. The number of nitrogens with one attached hydrogen (secondary N) is 1. The number of carbonyl (C=O) groups is 2. The molecule has 1 unspecified atom stereocenters. The number of hydrogen-bond acceptors (Lipinski definition) is 7. The van der Waals surface area contributed by atoms with E-state index < -0.39 is 17.7 Å². The molecule has 3 aromatic rings. The quantitative estimate of drug-likeness (QED) is 0.523. The summed E-state index contributed by atoms with van der Waals surface area (Å²) in [4.78, 5) is 38.1. The molecule has 4 rings (SSSR count). The van der Waals surface area contributed by atoms with Crippen molar-refractivity contribution in [3.05, 3.63) is 47.6 Å². The summed E-state index contributed by atoms with van der Waals surface area (Å²) in [5.74, 6) is 1.41. The van der Waals surface area contributed by atoms with E-state index in [4.69, 9.17) is 26.1 Å². The topological polar surface area (TPSA) is 96.9 Å². The molecule has 0 radical (unpaired) electrons. The van der Waals surface area contributed by atoms with Gasteiger partial charge in [0.25, 0.3) is 0 Å². The number of piperazine rings is 1. The molecule has 0 bridgehead atoms. The van der Waals surface area contributed by atoms with Crippen LogP contribution in [0.4, 0.5) is 10.6 Å². The number of benzene rings is 1. The molecule has 0 aliphatic carbocycles. The van der Waals surface area contributed by atoms with Crippen molar-refractivity contribution in [2.24, 2.45) is 0 Å². The first-order valence-corrected chi connectivity index (χ1v) is 12.6. The van der Waals surface area contributed by atoms with Crippen LogP contribution in [0.3, 0.4) is 0 Å². The smallest absolute Gasteiger partial charge is 0.408 e. The van der Waals surface area contributed by atoms with Gasteiger partial charge in [0.15, 0.2) is 0 Å². The van der Waals surface area contributed by atoms with E-state index in [0.717, 1.165) is 28.0 Å². The fourth-order valence-corrected chi connectivity index (χ4v) is 4.40. The van der Waals surface area contributed by atoms with Gasteiger partial charge in [-0.15, -0.1) is 0 Å². The summed E-state index contributed by atoms with van der Waals surface area (Å²) in [7, 11) is 1.62. The Morgan fingerprint density at radius 3 is 2.43 bits per heavy atom. The first-order chi connectivity index (χ1) is 17.5. The van der Waals surface area contributed by atoms with E-state index in [-0.39, 0.29) is 5.91 Å². The summed E-state index contributed by atoms with van der Waals surface area (Å²) in [6.45, 7) is 9.35. The maximum atomic E-state index is 12.8. The third-order valence-corrected chi connectivity index (χ3v) is 6.34. The molecule has 1 atom stereocenters. The van der Waals surface area contributed by atoms with E-state index in [2.05, 4.69) is 15.2 Å². The van der Waals surface area contributed by atoms with Crippen LogP contribution in [0, 0.1) is 0 Å². The largest absolute Gasteiger partial charge is 0.497 e. The minimum Gasteiger partial charge on any atom is -0.497 e. The highest BCUT2D eigenvalue weighted by Gasteiger charge is 2.27. The van der Waals surface area contributed by atoms with Gasteiger partial charge in [0.05, 0.1) is 23.3 Å². The number of carbonyl (C=O) groups excluding carboxylic acids is 2. The van der Waals surface area contributed by atoms with E-state index in [1.165, 1.54) is 0 Å². The molecule has 1 saturated heterocycles. The SMILES string of the molecule is COc1ccc2c(Cl)cc(-c3ccc(N4CCN(C(=O)C(C)NC(=O)OC(C)(C)C)CC4)nc3)nc2c1. The summed E-state index contributed by atoms with van der Waals surface area (Å²) in [5, 5.41) is 4.09. The lowest BCUT2D eigenvalue weighted by Crippen LogP contribution is -2.54. The molecule has 1 aliphatic heterocycles. The van der Waals surface area contributed by atoms with E-state index in [1.807, 2.05) is 36.4 Å². The van der Waals surface area contributed by atoms with Crippen molar-refractivity contribution >= 4 is 40.3 Å². The molecule has 0 saturated carbocycles. The number of pyridine rings is 2. The van der Waals surface area contributed by atoms with Crippen molar-refractivity contribution in [3.8, 4) is 17.0 Å². The van der Waals surface area contributed by atoms with Crippen molar-refractivity contribution in [2.45, 2.75) is 39.3 Å². The van der Waals surface area contributed by atoms with Crippen molar-refractivity contribution in [3.63, 3.8) is 0 Å². The van der Waals surface area contributed by atoms with Gasteiger partial charge in [-0.1, -0.05) is 11.6 Å². The highest BCUT2D eigenvalue weighted by Crippen LogP contribution is 2.30. The Balaban J connectivity index is 1.37. The zero-order chi connectivity index (χ0) is 26.7. The second kappa shape index (κ2) is 10.8. The molecule has 0 spiro atoms. The average Bonchev–Trinajstić information content (AvgIpc) is 2.86. The minimum absolute atomic E-state index is 0.135. The second-order valence-electron chi connectivity index (χ2n) is 9.96. The van der Waals surface area contributed by atoms with Crippen LogP contribution in [0.25, 0.3) is 22.2 Å². The molecule has 1 N–H and O–H groups in total. The van der Waals surface area contributed by atoms with Crippen LogP contribution >= 0.6 is 11.6 Å². The zero-order valence-corrected chi connectivity index (χ0v) is 22.5. The van der Waals surface area contributed by atoms with Crippen LogP contribution in [0.1, 0.15) is 27.7 Å². The number of methoxy groups -OCH3 is 1. The molecule has 1 aromatic carbocycles. The van der Waals surface area contributed by atoms with Gasteiger partial charge in [0.1, 0.15) is 23.2 Å². The third-order valence-electron chi connectivity index (χ3n) is 6.03. The van der Waals surface area contributed by atoms with Gasteiger partial charge in [0, 0.05) is 49.4 Å². The number of halogens is 1. The van der Waals surface area contributed by atoms with Crippen molar-refractivity contribution in [1.29, 1.82) is 0 Å². The van der Waals surface area contributed by atoms with Crippen LogP contribution in [-0.4, -0.2) is 71.8 Å². The summed E-state index contributed by atoms with van der Waals surface area (Å²) in [6, 6.07) is 10.7. The normalized spacial score (nSPS) is 14.9. The second-order valence-corrected chi connectivity index (χ2v) is 10.4. The number of amides is 2. The van der Waals surface area contributed by atoms with E-state index in [9.17, 15) is 9.59 Å². The summed E-state index contributed by atoms with van der Waals surface area (Å²) in [5.41, 5.74) is 1.71. The van der Waals surface area contributed by atoms with E-state index >= 15 is 0 Å². The highest BCUT2D eigenvalue weighted by atomic mass is 35.5. The van der Waals surface area contributed by atoms with Crippen LogP contribution in [-0.2, 0) is 9.53 Å². The Bertz CT molecular complexity index is 1280. The number of nitrogens with zero attached hydrogens (tertiary/aromatic N) is 4. The number of fused-ring (bicyclic) bond motifs is 1. The van der Waals surface area contributed by atoms with Crippen LogP contribution in [0.2, 0.25) is 5.02 Å². The number of rotatable bonds is 5. The fraction of sp³-hybridized carbons (Fsp3) is 0.407. The van der Waals surface area contributed by atoms with E-state index in [0.29, 0.717) is 37.0 Å². The standard InChI is InChI=1S/C27H32ClN5O4/c1-17(30-26(35)37-27(2,3)4)25(34)33-12-10-32(11-13-33)24-9-6-18(16-29-24)22-15-21(28)20-8-7-19(36-5)14-23(20)31-22/h6-9,14-17H,10-13H2,1-5H3,(H,30,35). The monoisotopic (exact) mass is 525 g/mol. The number of anilines is 1. The molecule has 1 fully saturated rings. The van der Waals surface area contributed by atoms with Gasteiger partial charge in [-0.25, -0.2) is 14.8 Å². The molecule has 2 aromatic heterocycles. The average molecular weight is 526 g/mol. The lowest BCUT2D eigenvalue weighted by atomic mass is 10.1. The Morgan fingerprint density at radius 2 is 1.81 bits per heavy atom. The maximum absolute atomic E-state index is 12.8. The fourth-order valence-electron chi connectivity index (χ4n) is 4.14. The summed E-state index contributed by atoms with van der Waals surface area (Å²) < 4.78 is 10.6. The van der Waals surface area contributed by atoms with Gasteiger partial charge >= 0.3 is 6.09 Å². The number of hydrogen-bond donors (Lipinski definition) is 1. The molecule has 37 heavy (non-hydrogen) atoms. The van der Waals surface area contributed by atoms with Crippen molar-refractivity contribution in [1.82, 2.24) is 20.2 Å². The van der Waals surface area contributed by atoms with Crippen molar-refractivity contribution in [2.75, 3.05) is 38.2 Å². The Morgan fingerprint density at radius 1 is 1.08 bits per heavy atom. The summed E-state index contributed by atoms with van der Waals surface area (Å²) >= 11 is 6.51. The predicted octanol–water partition coefficient (Wildman–Crippen LogP) is 4.52. The zero-order valence-electron chi connectivity index (χ0n) is 21.7. The molecule has 9 nitrogen and oxygen atoms in total. The molecule has 10 heteroatoms. The van der Waals surface area contributed by atoms with Gasteiger partial charge in [-0.3, -0.25) is 4.79 Å². The van der Waals surface area contributed by atoms with Crippen LogP contribution < -0.4 is 15.0 Å². The molecule has 196 valence electrons. The highest BCUT2D eigenvalue weighted by molar-refractivity contribution is 6.35. The van der Waals surface area contributed by atoms with Gasteiger partial charge in [0.2, 0.25) is 5.91 Å².